The van der Waals surface area contributed by atoms with Crippen LogP contribution >= 0.6 is 23.2 Å². The number of ether oxygens (including phenoxy) is 1. The average Bonchev–Trinajstić information content (AvgIpc) is 3.15. The fraction of sp³-hybridized carbons (Fsp3) is 0.381. The molecule has 1 aliphatic rings. The molecular formula is C21H24Cl2N2O2. The number of hydrogen-bond donors (Lipinski definition) is 1. The highest BCUT2D eigenvalue weighted by Gasteiger charge is 2.26. The van der Waals surface area contributed by atoms with Crippen molar-refractivity contribution in [2.45, 2.75) is 38.5 Å². The fourth-order valence-electron chi connectivity index (χ4n) is 3.30. The van der Waals surface area contributed by atoms with E-state index in [4.69, 9.17) is 27.9 Å². The summed E-state index contributed by atoms with van der Waals surface area (Å²) in [5, 5.41) is 4.70. The van der Waals surface area contributed by atoms with Gasteiger partial charge in [-0.3, -0.25) is 4.79 Å². The second-order valence-electron chi connectivity index (χ2n) is 6.82. The molecule has 2 aromatic rings. The Morgan fingerprint density at radius 1 is 1.26 bits per heavy atom. The van der Waals surface area contributed by atoms with Crippen molar-refractivity contribution in [3.05, 3.63) is 64.1 Å². The number of hydrogen-bond acceptors (Lipinski definition) is 3. The first-order chi connectivity index (χ1) is 13.0. The maximum absolute atomic E-state index is 13.1. The van der Waals surface area contributed by atoms with Crippen molar-refractivity contribution in [3.8, 4) is 5.75 Å². The van der Waals surface area contributed by atoms with Gasteiger partial charge in [0.05, 0.1) is 0 Å². The van der Waals surface area contributed by atoms with E-state index in [1.54, 1.807) is 31.2 Å². The Bertz CT molecular complexity index is 778. The first-order valence-corrected chi connectivity index (χ1v) is 9.96. The summed E-state index contributed by atoms with van der Waals surface area (Å²) in [7, 11) is 0. The summed E-state index contributed by atoms with van der Waals surface area (Å²) < 4.78 is 5.84. The SMILES string of the molecule is CC(Oc1cccc(Cl)c1)C(=O)N(Cc1ccccc1Cl)C[C@H]1CCCN1. The highest BCUT2D eigenvalue weighted by Crippen LogP contribution is 2.21. The highest BCUT2D eigenvalue weighted by atomic mass is 35.5. The Morgan fingerprint density at radius 2 is 2.07 bits per heavy atom. The Hall–Kier alpha value is -1.75. The maximum Gasteiger partial charge on any atom is 0.263 e. The number of halogens is 2. The lowest BCUT2D eigenvalue weighted by Gasteiger charge is -2.29. The van der Waals surface area contributed by atoms with Crippen molar-refractivity contribution < 1.29 is 9.53 Å². The van der Waals surface area contributed by atoms with Crippen LogP contribution in [0.2, 0.25) is 10.0 Å². The minimum atomic E-state index is -0.618. The van der Waals surface area contributed by atoms with E-state index in [-0.39, 0.29) is 5.91 Å². The predicted molar refractivity (Wildman–Crippen MR) is 109 cm³/mol. The zero-order valence-electron chi connectivity index (χ0n) is 15.3. The van der Waals surface area contributed by atoms with E-state index in [2.05, 4.69) is 5.32 Å². The number of amides is 1. The summed E-state index contributed by atoms with van der Waals surface area (Å²) in [5.41, 5.74) is 0.931. The molecule has 1 unspecified atom stereocenters. The Balaban J connectivity index is 1.73. The molecule has 1 amide bonds. The van der Waals surface area contributed by atoms with Gasteiger partial charge in [0, 0.05) is 29.2 Å². The third-order valence-electron chi connectivity index (χ3n) is 4.69. The van der Waals surface area contributed by atoms with Crippen LogP contribution in [0.4, 0.5) is 0 Å². The van der Waals surface area contributed by atoms with E-state index in [1.165, 1.54) is 0 Å². The summed E-state index contributed by atoms with van der Waals surface area (Å²) >= 11 is 12.3. The van der Waals surface area contributed by atoms with Crippen molar-refractivity contribution >= 4 is 29.1 Å². The summed E-state index contributed by atoms with van der Waals surface area (Å²) in [6.45, 7) is 3.85. The van der Waals surface area contributed by atoms with E-state index in [0.29, 0.717) is 34.9 Å². The molecule has 2 aromatic carbocycles. The molecule has 2 atom stereocenters. The van der Waals surface area contributed by atoms with Crippen LogP contribution in [0.5, 0.6) is 5.75 Å². The molecule has 1 aliphatic heterocycles. The zero-order chi connectivity index (χ0) is 19.2. The molecule has 0 spiro atoms. The number of nitrogens with one attached hydrogen (secondary N) is 1. The van der Waals surface area contributed by atoms with Crippen LogP contribution in [-0.4, -0.2) is 36.0 Å². The number of carbonyl (C=O) groups excluding carboxylic acids is 1. The number of nitrogens with zero attached hydrogens (tertiary/aromatic N) is 1. The van der Waals surface area contributed by atoms with Crippen LogP contribution in [0.15, 0.2) is 48.5 Å². The molecule has 144 valence electrons. The van der Waals surface area contributed by atoms with Gasteiger partial charge in [-0.2, -0.15) is 0 Å². The second kappa shape index (κ2) is 9.45. The fourth-order valence-corrected chi connectivity index (χ4v) is 3.67. The lowest BCUT2D eigenvalue weighted by molar-refractivity contribution is -0.139. The Labute approximate surface area is 170 Å². The average molecular weight is 407 g/mol. The molecule has 1 saturated heterocycles. The van der Waals surface area contributed by atoms with Crippen LogP contribution in [-0.2, 0) is 11.3 Å². The summed E-state index contributed by atoms with van der Waals surface area (Å²) in [4.78, 5) is 15.0. The van der Waals surface area contributed by atoms with E-state index >= 15 is 0 Å². The smallest absolute Gasteiger partial charge is 0.263 e. The molecule has 0 aliphatic carbocycles. The lowest BCUT2D eigenvalue weighted by Crippen LogP contribution is -2.45. The van der Waals surface area contributed by atoms with Crippen molar-refractivity contribution in [1.82, 2.24) is 10.2 Å². The maximum atomic E-state index is 13.1. The van der Waals surface area contributed by atoms with Gasteiger partial charge in [0.1, 0.15) is 5.75 Å². The van der Waals surface area contributed by atoms with Crippen LogP contribution in [0.1, 0.15) is 25.3 Å². The van der Waals surface area contributed by atoms with Crippen LogP contribution in [0, 0.1) is 0 Å². The molecule has 1 heterocycles. The molecule has 6 heteroatoms. The zero-order valence-corrected chi connectivity index (χ0v) is 16.8. The molecule has 27 heavy (non-hydrogen) atoms. The van der Waals surface area contributed by atoms with Crippen LogP contribution in [0.25, 0.3) is 0 Å². The predicted octanol–water partition coefficient (Wildman–Crippen LogP) is 4.54. The highest BCUT2D eigenvalue weighted by molar-refractivity contribution is 6.31. The third-order valence-corrected chi connectivity index (χ3v) is 5.29. The minimum Gasteiger partial charge on any atom is -0.481 e. The summed E-state index contributed by atoms with van der Waals surface area (Å²) in [6, 6.07) is 15.0. The third kappa shape index (κ3) is 5.61. The molecule has 0 aromatic heterocycles. The molecular weight excluding hydrogens is 383 g/mol. The Kier molecular flexibility index (Phi) is 7.00. The first-order valence-electron chi connectivity index (χ1n) is 9.20. The van der Waals surface area contributed by atoms with Gasteiger partial charge in [0.2, 0.25) is 0 Å². The minimum absolute atomic E-state index is 0.0661. The van der Waals surface area contributed by atoms with E-state index in [9.17, 15) is 4.79 Å². The van der Waals surface area contributed by atoms with E-state index in [1.807, 2.05) is 29.2 Å². The summed E-state index contributed by atoms with van der Waals surface area (Å²) in [6.07, 6.45) is 1.58. The van der Waals surface area contributed by atoms with Crippen molar-refractivity contribution in [2.75, 3.05) is 13.1 Å². The van der Waals surface area contributed by atoms with Gasteiger partial charge in [-0.05, 0) is 56.1 Å². The molecule has 0 radical (unpaired) electrons. The van der Waals surface area contributed by atoms with Crippen molar-refractivity contribution in [2.24, 2.45) is 0 Å². The largest absolute Gasteiger partial charge is 0.481 e. The van der Waals surface area contributed by atoms with Gasteiger partial charge >= 0.3 is 0 Å². The normalized spacial score (nSPS) is 17.5. The molecule has 0 bridgehead atoms. The lowest BCUT2D eigenvalue weighted by atomic mass is 10.1. The molecule has 4 nitrogen and oxygen atoms in total. The second-order valence-corrected chi connectivity index (χ2v) is 7.66. The monoisotopic (exact) mass is 406 g/mol. The molecule has 1 fully saturated rings. The molecule has 0 saturated carbocycles. The number of rotatable bonds is 7. The standard InChI is InChI=1S/C21H24Cl2N2O2/c1-15(27-19-9-4-7-17(22)12-19)21(26)25(14-18-8-5-11-24-18)13-16-6-2-3-10-20(16)23/h2-4,6-7,9-10,12,15,18,24H,5,8,11,13-14H2,1H3/t15?,18-/m1/s1. The van der Waals surface area contributed by atoms with Gasteiger partial charge in [0.25, 0.3) is 5.91 Å². The van der Waals surface area contributed by atoms with Crippen LogP contribution in [0.3, 0.4) is 0 Å². The van der Waals surface area contributed by atoms with Gasteiger partial charge in [-0.1, -0.05) is 47.5 Å². The van der Waals surface area contributed by atoms with Gasteiger partial charge < -0.3 is 15.0 Å². The van der Waals surface area contributed by atoms with Crippen LogP contribution < -0.4 is 10.1 Å². The van der Waals surface area contributed by atoms with Gasteiger partial charge in [-0.15, -0.1) is 0 Å². The van der Waals surface area contributed by atoms with E-state index in [0.717, 1.165) is 24.9 Å². The Morgan fingerprint density at radius 3 is 2.78 bits per heavy atom. The molecule has 1 N–H and O–H groups in total. The first kappa shape index (κ1) is 20.0. The van der Waals surface area contributed by atoms with E-state index < -0.39 is 6.10 Å². The van der Waals surface area contributed by atoms with Crippen molar-refractivity contribution in [1.29, 1.82) is 0 Å². The summed E-state index contributed by atoms with van der Waals surface area (Å²) in [5.74, 6) is 0.517. The topological polar surface area (TPSA) is 41.6 Å². The number of carbonyl (C=O) groups is 1. The van der Waals surface area contributed by atoms with Gasteiger partial charge in [0.15, 0.2) is 6.10 Å². The number of benzene rings is 2. The molecule has 3 rings (SSSR count). The quantitative estimate of drug-likeness (QED) is 0.733. The van der Waals surface area contributed by atoms with Crippen molar-refractivity contribution in [3.63, 3.8) is 0 Å². The van der Waals surface area contributed by atoms with Gasteiger partial charge in [-0.25, -0.2) is 0 Å².